The molecular formula is C13H16ClNO. The Bertz CT molecular complexity index is 371. The smallest absolute Gasteiger partial charge is 0.142 e. The highest BCUT2D eigenvalue weighted by atomic mass is 35.5. The highest BCUT2D eigenvalue weighted by Crippen LogP contribution is 2.28. The molecule has 0 spiro atoms. The van der Waals surface area contributed by atoms with Crippen LogP contribution >= 0.6 is 11.6 Å². The Morgan fingerprint density at radius 1 is 1.50 bits per heavy atom. The molecule has 1 rings (SSSR count). The standard InChI is InChI=1S/C13H16ClNO/c1-3-4-5-9-16-13-11(10-15-2)7-6-8-12(13)14/h1,6-8,15H,4-5,9-10H2,2H3. The Balaban J connectivity index is 2.65. The lowest BCUT2D eigenvalue weighted by Crippen LogP contribution is -2.08. The van der Waals surface area contributed by atoms with Gasteiger partial charge in [-0.1, -0.05) is 23.7 Å². The number of hydrogen-bond acceptors (Lipinski definition) is 2. The molecule has 3 heteroatoms. The lowest BCUT2D eigenvalue weighted by atomic mass is 10.2. The van der Waals surface area contributed by atoms with Crippen molar-refractivity contribution >= 4 is 11.6 Å². The summed E-state index contributed by atoms with van der Waals surface area (Å²) >= 11 is 6.08. The van der Waals surface area contributed by atoms with Gasteiger partial charge >= 0.3 is 0 Å². The van der Waals surface area contributed by atoms with E-state index in [1.807, 2.05) is 25.2 Å². The molecule has 0 heterocycles. The third-order valence-corrected chi connectivity index (χ3v) is 2.43. The van der Waals surface area contributed by atoms with Gasteiger partial charge in [0.2, 0.25) is 0 Å². The normalized spacial score (nSPS) is 9.81. The van der Waals surface area contributed by atoms with Crippen LogP contribution in [0, 0.1) is 12.3 Å². The van der Waals surface area contributed by atoms with E-state index in [1.54, 1.807) is 0 Å². The van der Waals surface area contributed by atoms with Crippen molar-refractivity contribution in [2.75, 3.05) is 13.7 Å². The summed E-state index contributed by atoms with van der Waals surface area (Å²) in [6.07, 6.45) is 6.75. The highest BCUT2D eigenvalue weighted by molar-refractivity contribution is 6.32. The summed E-state index contributed by atoms with van der Waals surface area (Å²) in [5, 5.41) is 3.73. The minimum absolute atomic E-state index is 0.602. The molecule has 0 fully saturated rings. The van der Waals surface area contributed by atoms with Crippen LogP contribution in [0.1, 0.15) is 18.4 Å². The van der Waals surface area contributed by atoms with E-state index in [1.165, 1.54) is 0 Å². The van der Waals surface area contributed by atoms with Gasteiger partial charge in [0.15, 0.2) is 0 Å². The lowest BCUT2D eigenvalue weighted by Gasteiger charge is -2.12. The number of rotatable bonds is 6. The fourth-order valence-corrected chi connectivity index (χ4v) is 1.64. The molecule has 0 radical (unpaired) electrons. The van der Waals surface area contributed by atoms with Crippen molar-refractivity contribution in [1.29, 1.82) is 0 Å². The van der Waals surface area contributed by atoms with E-state index in [-0.39, 0.29) is 0 Å². The first-order valence-electron chi connectivity index (χ1n) is 5.28. The molecular weight excluding hydrogens is 222 g/mol. The number of terminal acetylenes is 1. The van der Waals surface area contributed by atoms with Gasteiger partial charge in [-0.3, -0.25) is 0 Å². The second-order valence-corrected chi connectivity index (χ2v) is 3.82. The molecule has 1 N–H and O–H groups in total. The monoisotopic (exact) mass is 237 g/mol. The molecule has 0 amide bonds. The number of ether oxygens (including phenoxy) is 1. The summed E-state index contributed by atoms with van der Waals surface area (Å²) < 4.78 is 5.66. The van der Waals surface area contributed by atoms with Crippen LogP contribution in [-0.2, 0) is 6.54 Å². The number of unbranched alkanes of at least 4 members (excludes halogenated alkanes) is 1. The van der Waals surface area contributed by atoms with Crippen molar-refractivity contribution in [3.8, 4) is 18.1 Å². The maximum Gasteiger partial charge on any atom is 0.142 e. The molecule has 1 aromatic rings. The van der Waals surface area contributed by atoms with Gasteiger partial charge in [-0.05, 0) is 19.5 Å². The van der Waals surface area contributed by atoms with Crippen LogP contribution in [0.15, 0.2) is 18.2 Å². The SMILES string of the molecule is C#CCCCOc1c(Cl)cccc1CNC. The number of para-hydroxylation sites is 1. The fraction of sp³-hybridized carbons (Fsp3) is 0.385. The number of halogens is 1. The maximum atomic E-state index is 6.08. The fourth-order valence-electron chi connectivity index (χ4n) is 1.39. The summed E-state index contributed by atoms with van der Waals surface area (Å²) in [7, 11) is 1.89. The Hall–Kier alpha value is -1.17. The Labute approximate surface area is 102 Å². The van der Waals surface area contributed by atoms with Crippen LogP contribution in [-0.4, -0.2) is 13.7 Å². The van der Waals surface area contributed by atoms with Crippen molar-refractivity contribution in [2.45, 2.75) is 19.4 Å². The molecule has 0 bridgehead atoms. The first kappa shape index (κ1) is 12.9. The van der Waals surface area contributed by atoms with Crippen LogP contribution in [0.5, 0.6) is 5.75 Å². The third kappa shape index (κ3) is 3.77. The van der Waals surface area contributed by atoms with Crippen molar-refractivity contribution in [3.05, 3.63) is 28.8 Å². The first-order chi connectivity index (χ1) is 7.79. The molecule has 0 unspecified atom stereocenters. The van der Waals surface area contributed by atoms with Crippen molar-refractivity contribution in [3.63, 3.8) is 0 Å². The molecule has 0 aliphatic rings. The Morgan fingerprint density at radius 3 is 3.00 bits per heavy atom. The Morgan fingerprint density at radius 2 is 2.31 bits per heavy atom. The zero-order chi connectivity index (χ0) is 11.8. The quantitative estimate of drug-likeness (QED) is 0.607. The van der Waals surface area contributed by atoms with E-state index in [4.69, 9.17) is 22.8 Å². The molecule has 0 saturated heterocycles. The largest absolute Gasteiger partial charge is 0.492 e. The molecule has 0 aromatic heterocycles. The van der Waals surface area contributed by atoms with Gasteiger partial charge in [0.05, 0.1) is 11.6 Å². The second-order valence-electron chi connectivity index (χ2n) is 3.41. The minimum Gasteiger partial charge on any atom is -0.492 e. The molecule has 0 atom stereocenters. The molecule has 0 saturated carbocycles. The summed E-state index contributed by atoms with van der Waals surface area (Å²) in [5.74, 6) is 3.34. The number of nitrogens with one attached hydrogen (secondary N) is 1. The number of hydrogen-bond donors (Lipinski definition) is 1. The van der Waals surface area contributed by atoms with Gasteiger partial charge in [-0.2, -0.15) is 0 Å². The predicted molar refractivity (Wildman–Crippen MR) is 67.8 cm³/mol. The summed E-state index contributed by atoms with van der Waals surface area (Å²) in [6.45, 7) is 1.34. The zero-order valence-electron chi connectivity index (χ0n) is 9.42. The molecule has 0 aliphatic carbocycles. The summed E-state index contributed by atoms with van der Waals surface area (Å²) in [6, 6.07) is 5.75. The van der Waals surface area contributed by atoms with Crippen LogP contribution in [0.25, 0.3) is 0 Å². The molecule has 0 aliphatic heterocycles. The highest BCUT2D eigenvalue weighted by Gasteiger charge is 2.07. The van der Waals surface area contributed by atoms with Gasteiger partial charge in [-0.15, -0.1) is 12.3 Å². The van der Waals surface area contributed by atoms with Gasteiger partial charge in [0.1, 0.15) is 5.75 Å². The predicted octanol–water partition coefficient (Wildman–Crippen LogP) is 2.85. The first-order valence-corrected chi connectivity index (χ1v) is 5.65. The van der Waals surface area contributed by atoms with Crippen LogP contribution < -0.4 is 10.1 Å². The lowest BCUT2D eigenvalue weighted by molar-refractivity contribution is 0.309. The maximum absolute atomic E-state index is 6.08. The summed E-state index contributed by atoms with van der Waals surface area (Å²) in [5.41, 5.74) is 1.07. The number of benzene rings is 1. The van der Waals surface area contributed by atoms with Crippen LogP contribution in [0.3, 0.4) is 0 Å². The van der Waals surface area contributed by atoms with Crippen molar-refractivity contribution < 1.29 is 4.74 Å². The van der Waals surface area contributed by atoms with Gasteiger partial charge < -0.3 is 10.1 Å². The van der Waals surface area contributed by atoms with Gasteiger partial charge in [0, 0.05) is 18.5 Å². The zero-order valence-corrected chi connectivity index (χ0v) is 10.2. The third-order valence-electron chi connectivity index (χ3n) is 2.13. The topological polar surface area (TPSA) is 21.3 Å². The Kier molecular flexibility index (Phi) is 5.77. The average molecular weight is 238 g/mol. The molecule has 1 aromatic carbocycles. The summed E-state index contributed by atoms with van der Waals surface area (Å²) in [4.78, 5) is 0. The van der Waals surface area contributed by atoms with E-state index >= 15 is 0 Å². The van der Waals surface area contributed by atoms with E-state index < -0.39 is 0 Å². The van der Waals surface area contributed by atoms with E-state index in [2.05, 4.69) is 11.2 Å². The van der Waals surface area contributed by atoms with E-state index in [9.17, 15) is 0 Å². The average Bonchev–Trinajstić information content (AvgIpc) is 2.28. The van der Waals surface area contributed by atoms with E-state index in [0.29, 0.717) is 11.6 Å². The second kappa shape index (κ2) is 7.16. The minimum atomic E-state index is 0.602. The van der Waals surface area contributed by atoms with E-state index in [0.717, 1.165) is 30.7 Å². The molecule has 86 valence electrons. The molecule has 2 nitrogen and oxygen atoms in total. The molecule has 16 heavy (non-hydrogen) atoms. The van der Waals surface area contributed by atoms with Crippen LogP contribution in [0.4, 0.5) is 0 Å². The van der Waals surface area contributed by atoms with Gasteiger partial charge in [0.25, 0.3) is 0 Å². The van der Waals surface area contributed by atoms with Crippen LogP contribution in [0.2, 0.25) is 5.02 Å². The van der Waals surface area contributed by atoms with Gasteiger partial charge in [-0.25, -0.2) is 0 Å². The van der Waals surface area contributed by atoms with Crippen molar-refractivity contribution in [2.24, 2.45) is 0 Å². The van der Waals surface area contributed by atoms with Crippen molar-refractivity contribution in [1.82, 2.24) is 5.32 Å².